The lowest BCUT2D eigenvalue weighted by Crippen LogP contribution is -2.48. The van der Waals surface area contributed by atoms with E-state index < -0.39 is 12.1 Å². The van der Waals surface area contributed by atoms with Gasteiger partial charge in [-0.15, -0.1) is 12.3 Å². The summed E-state index contributed by atoms with van der Waals surface area (Å²) in [5.41, 5.74) is 3.02. The first kappa shape index (κ1) is 28.8. The van der Waals surface area contributed by atoms with Gasteiger partial charge in [0.1, 0.15) is 23.8 Å². The van der Waals surface area contributed by atoms with Crippen molar-refractivity contribution in [2.75, 3.05) is 69.0 Å². The molecule has 40 heavy (non-hydrogen) atoms. The highest BCUT2D eigenvalue weighted by Gasteiger charge is 2.30. The number of likely N-dealkylation sites (N-methyl/N-ethyl adjacent to an activating group) is 1. The second-order valence-corrected chi connectivity index (χ2v) is 9.77. The number of methoxy groups -OCH3 is 1. The van der Waals surface area contributed by atoms with E-state index in [1.165, 1.54) is 13.3 Å². The number of anilines is 3. The number of fused-ring (bicyclic) bond motifs is 1. The number of carbonyl (C=O) groups is 2. The zero-order valence-corrected chi connectivity index (χ0v) is 22.8. The number of nitrogens with zero attached hydrogens (tertiary/aromatic N) is 6. The monoisotopic (exact) mass is 546 g/mol. The summed E-state index contributed by atoms with van der Waals surface area (Å²) in [5.74, 6) is 3.31. The van der Waals surface area contributed by atoms with Gasteiger partial charge in [-0.05, 0) is 37.1 Å². The number of aliphatic hydroxyl groups is 1. The van der Waals surface area contributed by atoms with Crippen LogP contribution in [0.1, 0.15) is 41.3 Å². The lowest BCUT2D eigenvalue weighted by molar-refractivity contribution is -0.136. The van der Waals surface area contributed by atoms with E-state index in [2.05, 4.69) is 27.6 Å². The van der Waals surface area contributed by atoms with E-state index in [1.807, 2.05) is 18.0 Å². The molecule has 2 aliphatic heterocycles. The Morgan fingerprint density at radius 3 is 2.85 bits per heavy atom. The molecule has 0 spiro atoms. The molecule has 0 bridgehead atoms. The van der Waals surface area contributed by atoms with Gasteiger partial charge in [0.15, 0.2) is 0 Å². The minimum absolute atomic E-state index is 0.0273. The van der Waals surface area contributed by atoms with Crippen molar-refractivity contribution in [1.82, 2.24) is 19.8 Å². The Bertz CT molecular complexity index is 1330. The molecule has 3 amide bonds. The highest BCUT2D eigenvalue weighted by molar-refractivity contribution is 6.01. The topological polar surface area (TPSA) is 147 Å². The Balaban J connectivity index is 1.61. The Labute approximate surface area is 233 Å². The first-order valence-corrected chi connectivity index (χ1v) is 13.2. The van der Waals surface area contributed by atoms with E-state index >= 15 is 0 Å². The molecule has 4 heterocycles. The van der Waals surface area contributed by atoms with Gasteiger partial charge in [-0.1, -0.05) is 0 Å². The lowest BCUT2D eigenvalue weighted by atomic mass is 9.99. The largest absolute Gasteiger partial charge is 0.393 e. The number of rotatable bonds is 9. The van der Waals surface area contributed by atoms with Gasteiger partial charge in [0.25, 0.3) is 0 Å². The van der Waals surface area contributed by atoms with Crippen molar-refractivity contribution in [3.8, 4) is 18.4 Å². The third kappa shape index (κ3) is 6.49. The van der Waals surface area contributed by atoms with Gasteiger partial charge in [0, 0.05) is 58.5 Å². The van der Waals surface area contributed by atoms with Crippen LogP contribution < -0.4 is 15.5 Å². The molecule has 2 aromatic heterocycles. The second kappa shape index (κ2) is 13.2. The van der Waals surface area contributed by atoms with Crippen LogP contribution in [0.5, 0.6) is 0 Å². The molecule has 0 aromatic carbocycles. The Hall–Kier alpha value is -4.23. The number of nitriles is 1. The molecule has 1 unspecified atom stereocenters. The SMILES string of the molecule is C#CCCNc1cc(NC(=O)N2CCCc3cc(CN4CCN(C)CC4=O)c(C(CO)OC)nc32)ncc1C#N. The van der Waals surface area contributed by atoms with Crippen molar-refractivity contribution in [1.29, 1.82) is 5.26 Å². The second-order valence-electron chi connectivity index (χ2n) is 9.77. The number of carbonyl (C=O) groups excluding carboxylic acids is 2. The van der Waals surface area contributed by atoms with Crippen LogP contribution in [-0.2, 0) is 22.5 Å². The summed E-state index contributed by atoms with van der Waals surface area (Å²) >= 11 is 0. The summed E-state index contributed by atoms with van der Waals surface area (Å²) in [6.45, 7) is 2.66. The molecule has 1 fully saturated rings. The van der Waals surface area contributed by atoms with Crippen LogP contribution in [0.3, 0.4) is 0 Å². The van der Waals surface area contributed by atoms with Gasteiger partial charge in [-0.3, -0.25) is 19.9 Å². The molecule has 0 saturated carbocycles. The van der Waals surface area contributed by atoms with E-state index in [-0.39, 0.29) is 18.3 Å². The number of amides is 3. The van der Waals surface area contributed by atoms with E-state index in [9.17, 15) is 20.0 Å². The Kier molecular flexibility index (Phi) is 9.51. The fourth-order valence-corrected chi connectivity index (χ4v) is 4.84. The van der Waals surface area contributed by atoms with Crippen molar-refractivity contribution >= 4 is 29.3 Å². The number of terminal acetylenes is 1. The third-order valence-electron chi connectivity index (χ3n) is 6.99. The van der Waals surface area contributed by atoms with E-state index in [0.717, 1.165) is 24.1 Å². The van der Waals surface area contributed by atoms with Gasteiger partial charge in [-0.2, -0.15) is 5.26 Å². The van der Waals surface area contributed by atoms with Gasteiger partial charge in [0.05, 0.1) is 30.1 Å². The van der Waals surface area contributed by atoms with Crippen LogP contribution in [0.15, 0.2) is 18.3 Å². The highest BCUT2D eigenvalue weighted by Crippen LogP contribution is 2.32. The summed E-state index contributed by atoms with van der Waals surface area (Å²) in [5, 5.41) is 25.3. The molecule has 0 radical (unpaired) electrons. The molecular formula is C28H34N8O4. The fourth-order valence-electron chi connectivity index (χ4n) is 4.84. The normalized spacial score (nSPS) is 16.1. The van der Waals surface area contributed by atoms with Crippen LogP contribution in [0.4, 0.5) is 22.1 Å². The maximum atomic E-state index is 13.4. The number of aromatic nitrogens is 2. The minimum Gasteiger partial charge on any atom is -0.393 e. The van der Waals surface area contributed by atoms with Crippen molar-refractivity contribution < 1.29 is 19.4 Å². The van der Waals surface area contributed by atoms with Crippen molar-refractivity contribution in [2.24, 2.45) is 0 Å². The van der Waals surface area contributed by atoms with Crippen LogP contribution in [0.25, 0.3) is 0 Å². The van der Waals surface area contributed by atoms with Crippen LogP contribution in [-0.4, -0.2) is 90.3 Å². The number of pyridine rings is 2. The maximum absolute atomic E-state index is 13.4. The number of hydrogen-bond acceptors (Lipinski definition) is 9. The molecule has 1 saturated heterocycles. The number of aryl methyl sites for hydroxylation is 1. The van der Waals surface area contributed by atoms with E-state index in [4.69, 9.17) is 16.1 Å². The van der Waals surface area contributed by atoms with E-state index in [0.29, 0.717) is 68.3 Å². The lowest BCUT2D eigenvalue weighted by Gasteiger charge is -2.34. The predicted molar refractivity (Wildman–Crippen MR) is 150 cm³/mol. The number of nitrogens with one attached hydrogen (secondary N) is 2. The molecule has 12 heteroatoms. The predicted octanol–water partition coefficient (Wildman–Crippen LogP) is 1.72. The van der Waals surface area contributed by atoms with Gasteiger partial charge >= 0.3 is 6.03 Å². The number of ether oxygens (including phenoxy) is 1. The van der Waals surface area contributed by atoms with Gasteiger partial charge in [-0.25, -0.2) is 14.8 Å². The Morgan fingerprint density at radius 2 is 2.15 bits per heavy atom. The molecule has 0 aliphatic carbocycles. The molecule has 3 N–H and O–H groups in total. The highest BCUT2D eigenvalue weighted by atomic mass is 16.5. The van der Waals surface area contributed by atoms with Crippen LogP contribution in [0, 0.1) is 23.7 Å². The fraction of sp³-hybridized carbons (Fsp3) is 0.464. The van der Waals surface area contributed by atoms with E-state index in [1.54, 1.807) is 15.9 Å². The molecule has 12 nitrogen and oxygen atoms in total. The number of piperazine rings is 1. The smallest absolute Gasteiger partial charge is 0.328 e. The van der Waals surface area contributed by atoms with Crippen LogP contribution >= 0.6 is 0 Å². The minimum atomic E-state index is -0.716. The van der Waals surface area contributed by atoms with Gasteiger partial charge < -0.3 is 20.1 Å². The van der Waals surface area contributed by atoms with Crippen molar-refractivity contribution in [3.05, 3.63) is 40.7 Å². The standard InChI is InChI=1S/C28H34N8O4/c1-4-5-8-30-22-13-24(31-15-21(22)14-29)32-28(39)36-9-6-7-19-12-20(16-35-11-10-34(2)17-25(35)38)26(33-27(19)36)23(18-37)40-3/h1,12-13,15,23,37H,5-11,16-18H2,2-3H3,(H2,30,31,32,39). The zero-order chi connectivity index (χ0) is 28.6. The molecule has 4 rings (SSSR count). The summed E-state index contributed by atoms with van der Waals surface area (Å²) in [6, 6.07) is 5.22. The average molecular weight is 547 g/mol. The average Bonchev–Trinajstić information content (AvgIpc) is 2.95. The summed E-state index contributed by atoms with van der Waals surface area (Å²) in [7, 11) is 3.40. The zero-order valence-electron chi connectivity index (χ0n) is 22.8. The summed E-state index contributed by atoms with van der Waals surface area (Å²) in [6.07, 6.45) is 7.91. The molecule has 210 valence electrons. The number of urea groups is 1. The summed E-state index contributed by atoms with van der Waals surface area (Å²) < 4.78 is 5.52. The molecular weight excluding hydrogens is 512 g/mol. The summed E-state index contributed by atoms with van der Waals surface area (Å²) in [4.78, 5) is 40.5. The Morgan fingerprint density at radius 1 is 1.32 bits per heavy atom. The number of hydrogen-bond donors (Lipinski definition) is 3. The van der Waals surface area contributed by atoms with Gasteiger partial charge in [0.2, 0.25) is 5.91 Å². The van der Waals surface area contributed by atoms with Crippen LogP contribution in [0.2, 0.25) is 0 Å². The van der Waals surface area contributed by atoms with Crippen molar-refractivity contribution in [3.63, 3.8) is 0 Å². The first-order chi connectivity index (χ1) is 19.4. The molecule has 2 aliphatic rings. The third-order valence-corrected chi connectivity index (χ3v) is 6.99. The first-order valence-electron chi connectivity index (χ1n) is 13.2. The molecule has 2 aromatic rings. The maximum Gasteiger partial charge on any atom is 0.328 e. The number of aliphatic hydroxyl groups excluding tert-OH is 1. The van der Waals surface area contributed by atoms with Crippen molar-refractivity contribution in [2.45, 2.75) is 31.9 Å². The quantitative estimate of drug-likeness (QED) is 0.316. The molecule has 1 atom stereocenters.